The van der Waals surface area contributed by atoms with Crippen LogP contribution in [0.1, 0.15) is 27.2 Å². The average molecular weight is 272 g/mol. The largest absolute Gasteiger partial charge is 0.389 e. The Bertz CT molecular complexity index is 392. The summed E-state index contributed by atoms with van der Waals surface area (Å²) >= 11 is 0. The maximum absolute atomic E-state index is 12.6. The number of fused-ring (bicyclic) bond motifs is 1. The average Bonchev–Trinajstić information content (AvgIpc) is 3.07. The van der Waals surface area contributed by atoms with E-state index in [1.807, 2.05) is 0 Å². The lowest BCUT2D eigenvalue weighted by molar-refractivity contribution is -0.0870. The molecule has 2 aliphatic rings. The molecule has 6 heteroatoms. The topological polar surface area (TPSA) is 77.8 Å². The van der Waals surface area contributed by atoms with Gasteiger partial charge in [-0.25, -0.2) is 0 Å². The summed E-state index contributed by atoms with van der Waals surface area (Å²) in [4.78, 5) is 0. The second kappa shape index (κ2) is 4.08. The lowest BCUT2D eigenvalue weighted by atomic mass is 9.72. The van der Waals surface area contributed by atoms with Crippen LogP contribution in [0, 0.1) is 11.3 Å². The van der Waals surface area contributed by atoms with Crippen LogP contribution >= 0.6 is 7.14 Å². The molecule has 0 aromatic heterocycles. The van der Waals surface area contributed by atoms with Crippen LogP contribution in [0.3, 0.4) is 0 Å². The Kier molecular flexibility index (Phi) is 3.31. The number of rotatable bonds is 4. The summed E-state index contributed by atoms with van der Waals surface area (Å²) in [5, 5.41) is 31.0. The van der Waals surface area contributed by atoms with Gasteiger partial charge in [0.2, 0.25) is 0 Å². The molecule has 6 atom stereocenters. The van der Waals surface area contributed by atoms with E-state index in [1.54, 1.807) is 13.8 Å². The molecule has 2 unspecified atom stereocenters. The van der Waals surface area contributed by atoms with Crippen LogP contribution in [0.25, 0.3) is 0 Å². The summed E-state index contributed by atoms with van der Waals surface area (Å²) in [6.45, 7) is 5.08. The highest BCUT2D eigenvalue weighted by molar-refractivity contribution is 7.64. The first-order chi connectivity index (χ1) is 8.18. The number of aliphatic hydroxyl groups excluding tert-OH is 2. The van der Waals surface area contributed by atoms with E-state index in [2.05, 4.69) is 0 Å². The first-order valence-electron chi connectivity index (χ1n) is 6.60. The number of hydrogen-bond acceptors (Lipinski definition) is 4. The second-order valence-electron chi connectivity index (χ2n) is 6.04. The van der Waals surface area contributed by atoms with Crippen molar-refractivity contribution in [3.8, 4) is 0 Å². The maximum Gasteiger partial charge on any atom is 0.115 e. The Hall–Kier alpha value is 0.175. The van der Waals surface area contributed by atoms with Gasteiger partial charge in [-0.1, -0.05) is 13.8 Å². The highest BCUT2D eigenvalue weighted by Gasteiger charge is 2.77. The Balaban J connectivity index is 2.34. The summed E-state index contributed by atoms with van der Waals surface area (Å²) < 4.78 is 12.6. The third-order valence-corrected chi connectivity index (χ3v) is 8.78. The van der Waals surface area contributed by atoms with E-state index in [0.29, 0.717) is 18.7 Å². The van der Waals surface area contributed by atoms with Gasteiger partial charge >= 0.3 is 0 Å². The van der Waals surface area contributed by atoms with Crippen molar-refractivity contribution in [2.24, 2.45) is 11.3 Å². The molecule has 0 amide bonds. The van der Waals surface area contributed by atoms with E-state index in [4.69, 9.17) is 7.85 Å². The van der Waals surface area contributed by atoms with Gasteiger partial charge in [-0.15, -0.1) is 0 Å². The molecule has 2 rings (SSSR count). The molecule has 18 heavy (non-hydrogen) atoms. The third kappa shape index (κ3) is 1.54. The quantitative estimate of drug-likeness (QED) is 0.522. The molecule has 0 saturated heterocycles. The maximum atomic E-state index is 12.6. The lowest BCUT2D eigenvalue weighted by Crippen LogP contribution is -2.46. The molecule has 2 fully saturated rings. The van der Waals surface area contributed by atoms with Gasteiger partial charge in [-0.2, -0.15) is 0 Å². The van der Waals surface area contributed by atoms with Crippen molar-refractivity contribution in [3.63, 3.8) is 0 Å². The summed E-state index contributed by atoms with van der Waals surface area (Å²) in [5.74, 6) is -1.76. The van der Waals surface area contributed by atoms with Gasteiger partial charge in [-0.05, 0) is 25.1 Å². The number of hydrogen-bond donors (Lipinski definition) is 3. The molecule has 0 aromatic rings. The van der Waals surface area contributed by atoms with Crippen molar-refractivity contribution >= 4 is 15.0 Å². The van der Waals surface area contributed by atoms with E-state index in [-0.39, 0.29) is 5.92 Å². The van der Waals surface area contributed by atoms with Gasteiger partial charge in [0.25, 0.3) is 0 Å². The van der Waals surface area contributed by atoms with Gasteiger partial charge in [0.1, 0.15) is 13.0 Å². The van der Waals surface area contributed by atoms with E-state index < -0.39 is 35.9 Å². The Morgan fingerprint density at radius 3 is 2.28 bits per heavy atom. The van der Waals surface area contributed by atoms with Gasteiger partial charge in [-0.3, -0.25) is 0 Å². The monoisotopic (exact) mass is 272 g/mol. The van der Waals surface area contributed by atoms with E-state index >= 15 is 0 Å². The fourth-order valence-electron chi connectivity index (χ4n) is 3.68. The fraction of sp³-hybridized carbons (Fsp3) is 1.00. The molecular weight excluding hydrogens is 250 g/mol. The Labute approximate surface area is 110 Å². The van der Waals surface area contributed by atoms with Crippen LogP contribution < -0.4 is 0 Å². The van der Waals surface area contributed by atoms with Gasteiger partial charge in [0, 0.05) is 17.7 Å². The summed E-state index contributed by atoms with van der Waals surface area (Å²) in [6, 6.07) is 0. The van der Waals surface area contributed by atoms with Crippen molar-refractivity contribution in [1.82, 2.24) is 0 Å². The predicted octanol–water partition coefficient (Wildman–Crippen LogP) is 0.796. The molecular formula is C12H22BO4P. The fourth-order valence-corrected chi connectivity index (χ4v) is 6.13. The van der Waals surface area contributed by atoms with Crippen LogP contribution in [0.5, 0.6) is 0 Å². The normalized spacial score (nSPS) is 48.9. The zero-order chi connectivity index (χ0) is 13.9. The predicted molar refractivity (Wildman–Crippen MR) is 71.4 cm³/mol. The SMILES string of the molecule is [B][C@@H]1C2C[C@@]2(C(O)P(=O)(CC)CC)[C@@H](O)[C@@]1(C)O. The van der Waals surface area contributed by atoms with Crippen LogP contribution in [0.4, 0.5) is 0 Å². The Morgan fingerprint density at radius 2 is 1.94 bits per heavy atom. The molecule has 0 heterocycles. The summed E-state index contributed by atoms with van der Waals surface area (Å²) in [5.41, 5.74) is -2.26. The zero-order valence-electron chi connectivity index (χ0n) is 11.2. The highest BCUT2D eigenvalue weighted by Crippen LogP contribution is 2.77. The molecule has 0 spiro atoms. The molecule has 2 aliphatic carbocycles. The smallest absolute Gasteiger partial charge is 0.115 e. The minimum absolute atomic E-state index is 0.135. The molecule has 3 N–H and O–H groups in total. The van der Waals surface area contributed by atoms with Gasteiger partial charge in [0.05, 0.1) is 19.6 Å². The van der Waals surface area contributed by atoms with Gasteiger partial charge < -0.3 is 19.9 Å². The van der Waals surface area contributed by atoms with E-state index in [9.17, 15) is 19.9 Å². The van der Waals surface area contributed by atoms with Crippen molar-refractivity contribution in [2.75, 3.05) is 12.3 Å². The minimum Gasteiger partial charge on any atom is -0.389 e. The van der Waals surface area contributed by atoms with Crippen molar-refractivity contribution in [1.29, 1.82) is 0 Å². The van der Waals surface area contributed by atoms with Crippen LogP contribution in [-0.4, -0.2) is 53.0 Å². The Morgan fingerprint density at radius 1 is 1.44 bits per heavy atom. The standard InChI is InChI=1S/C12H22BO4P/c1-4-18(17,5-2)10(15)12-6-7(12)8(13)11(3,16)9(12)14/h7-10,14-16H,4-6H2,1-3H3/t7?,8-,9+,10?,11+,12+/m1/s1. The van der Waals surface area contributed by atoms with E-state index in [1.165, 1.54) is 6.92 Å². The van der Waals surface area contributed by atoms with Crippen LogP contribution in [0.15, 0.2) is 0 Å². The molecule has 0 bridgehead atoms. The molecule has 0 aliphatic heterocycles. The summed E-state index contributed by atoms with van der Waals surface area (Å²) in [7, 11) is 3.19. The van der Waals surface area contributed by atoms with Gasteiger partial charge in [0.15, 0.2) is 0 Å². The minimum atomic E-state index is -2.74. The summed E-state index contributed by atoms with van der Waals surface area (Å²) in [6.07, 6.45) is 0.259. The van der Waals surface area contributed by atoms with Crippen LogP contribution in [0.2, 0.25) is 5.82 Å². The highest BCUT2D eigenvalue weighted by atomic mass is 31.2. The molecule has 102 valence electrons. The van der Waals surface area contributed by atoms with Crippen molar-refractivity contribution in [3.05, 3.63) is 0 Å². The number of aliphatic hydroxyl groups is 3. The lowest BCUT2D eigenvalue weighted by Gasteiger charge is -2.36. The van der Waals surface area contributed by atoms with Crippen LogP contribution in [-0.2, 0) is 4.57 Å². The van der Waals surface area contributed by atoms with Crippen molar-refractivity contribution in [2.45, 2.75) is 50.6 Å². The molecule has 2 radical (unpaired) electrons. The first-order valence-corrected chi connectivity index (χ1v) is 8.75. The molecule has 2 saturated carbocycles. The van der Waals surface area contributed by atoms with E-state index in [0.717, 1.165) is 0 Å². The second-order valence-corrected chi connectivity index (χ2v) is 9.69. The molecule has 4 nitrogen and oxygen atoms in total. The molecule has 0 aromatic carbocycles. The third-order valence-electron chi connectivity index (χ3n) is 5.27. The van der Waals surface area contributed by atoms with Crippen molar-refractivity contribution < 1.29 is 19.9 Å². The zero-order valence-corrected chi connectivity index (χ0v) is 12.1. The first kappa shape index (κ1) is 14.6.